The molecule has 0 atom stereocenters. The summed E-state index contributed by atoms with van der Waals surface area (Å²) in [5, 5.41) is 9.00. The maximum Gasteiger partial charge on any atom is 0.153 e. The molecule has 0 bridgehead atoms. The summed E-state index contributed by atoms with van der Waals surface area (Å²) in [6.45, 7) is 3.06. The van der Waals surface area contributed by atoms with Crippen LogP contribution in [-0.2, 0) is 0 Å². The molecule has 1 fully saturated rings. The zero-order chi connectivity index (χ0) is 13.8. The van der Waals surface area contributed by atoms with E-state index in [0.29, 0.717) is 11.3 Å². The Labute approximate surface area is 114 Å². The first-order chi connectivity index (χ1) is 9.11. The fourth-order valence-electron chi connectivity index (χ4n) is 2.66. The topological polar surface area (TPSA) is 69.2 Å². The molecule has 1 aliphatic rings. The Balaban J connectivity index is 2.04. The maximum absolute atomic E-state index is 9.00. The van der Waals surface area contributed by atoms with E-state index in [0.717, 1.165) is 44.2 Å². The normalized spacial score (nSPS) is 16.6. The summed E-state index contributed by atoms with van der Waals surface area (Å²) in [5.41, 5.74) is 7.03. The van der Waals surface area contributed by atoms with Crippen LogP contribution in [0.5, 0.6) is 0 Å². The largest absolute Gasteiger partial charge is 0.395 e. The van der Waals surface area contributed by atoms with E-state index in [1.54, 1.807) is 12.3 Å². The van der Waals surface area contributed by atoms with Crippen molar-refractivity contribution in [2.45, 2.75) is 12.8 Å². The van der Waals surface area contributed by atoms with Crippen LogP contribution >= 0.6 is 0 Å². The zero-order valence-corrected chi connectivity index (χ0v) is 11.6. The lowest BCUT2D eigenvalue weighted by Gasteiger charge is -2.34. The van der Waals surface area contributed by atoms with Crippen LogP contribution in [-0.4, -0.2) is 43.6 Å². The second-order valence-electron chi connectivity index (χ2n) is 5.40. The van der Waals surface area contributed by atoms with Crippen molar-refractivity contribution in [1.29, 1.82) is 5.26 Å². The molecule has 19 heavy (non-hydrogen) atoms. The molecule has 0 aromatic carbocycles. The van der Waals surface area contributed by atoms with E-state index in [4.69, 9.17) is 11.0 Å². The summed E-state index contributed by atoms with van der Waals surface area (Å²) in [5.74, 6) is 1.51. The molecule has 0 radical (unpaired) electrons. The van der Waals surface area contributed by atoms with E-state index < -0.39 is 0 Å². The van der Waals surface area contributed by atoms with Gasteiger partial charge in [-0.3, -0.25) is 0 Å². The third kappa shape index (κ3) is 3.15. The molecule has 2 heterocycles. The fourth-order valence-corrected chi connectivity index (χ4v) is 2.66. The number of aromatic nitrogens is 1. The lowest BCUT2D eigenvalue weighted by Crippen LogP contribution is -2.37. The number of anilines is 2. The second kappa shape index (κ2) is 5.89. The quantitative estimate of drug-likeness (QED) is 0.886. The molecule has 5 nitrogen and oxygen atoms in total. The van der Waals surface area contributed by atoms with E-state index >= 15 is 0 Å². The number of hydrogen-bond acceptors (Lipinski definition) is 5. The predicted molar refractivity (Wildman–Crippen MR) is 76.9 cm³/mol. The monoisotopic (exact) mass is 259 g/mol. The summed E-state index contributed by atoms with van der Waals surface area (Å²) >= 11 is 0. The summed E-state index contributed by atoms with van der Waals surface area (Å²) in [6.07, 6.45) is 3.96. The van der Waals surface area contributed by atoms with E-state index in [2.05, 4.69) is 34.9 Å². The Kier molecular flexibility index (Phi) is 4.23. The van der Waals surface area contributed by atoms with Crippen molar-refractivity contribution in [1.82, 2.24) is 9.88 Å². The number of nitrogens with two attached hydrogens (primary N) is 1. The van der Waals surface area contributed by atoms with Gasteiger partial charge in [0.15, 0.2) is 5.82 Å². The Morgan fingerprint density at radius 1 is 1.47 bits per heavy atom. The van der Waals surface area contributed by atoms with Gasteiger partial charge in [0.1, 0.15) is 6.07 Å². The van der Waals surface area contributed by atoms with Gasteiger partial charge in [0.2, 0.25) is 0 Å². The number of rotatable bonds is 3. The first-order valence-electron chi connectivity index (χ1n) is 6.66. The minimum Gasteiger partial charge on any atom is -0.395 e. The van der Waals surface area contributed by atoms with Crippen LogP contribution in [0, 0.1) is 17.2 Å². The second-order valence-corrected chi connectivity index (χ2v) is 5.40. The highest BCUT2D eigenvalue weighted by Gasteiger charge is 2.22. The van der Waals surface area contributed by atoms with Gasteiger partial charge in [0.05, 0.1) is 11.3 Å². The smallest absolute Gasteiger partial charge is 0.153 e. The summed E-state index contributed by atoms with van der Waals surface area (Å²) in [7, 11) is 4.23. The van der Waals surface area contributed by atoms with Gasteiger partial charge in [-0.05, 0) is 38.9 Å². The number of hydrogen-bond donors (Lipinski definition) is 1. The van der Waals surface area contributed by atoms with Gasteiger partial charge in [-0.2, -0.15) is 5.26 Å². The van der Waals surface area contributed by atoms with Crippen molar-refractivity contribution in [2.24, 2.45) is 5.92 Å². The molecule has 1 saturated heterocycles. The van der Waals surface area contributed by atoms with Gasteiger partial charge >= 0.3 is 0 Å². The van der Waals surface area contributed by atoms with Gasteiger partial charge < -0.3 is 15.5 Å². The molecule has 2 rings (SSSR count). The first kappa shape index (κ1) is 13.6. The minimum absolute atomic E-state index is 0.510. The zero-order valence-electron chi connectivity index (χ0n) is 11.6. The third-order valence-corrected chi connectivity index (χ3v) is 3.63. The van der Waals surface area contributed by atoms with Gasteiger partial charge in [-0.1, -0.05) is 0 Å². The number of nitriles is 1. The molecule has 1 aliphatic heterocycles. The molecule has 1 aromatic heterocycles. The van der Waals surface area contributed by atoms with Crippen LogP contribution in [0.25, 0.3) is 0 Å². The molecule has 2 N–H and O–H groups in total. The maximum atomic E-state index is 9.00. The average molecular weight is 259 g/mol. The van der Waals surface area contributed by atoms with Crippen molar-refractivity contribution in [3.63, 3.8) is 0 Å². The Morgan fingerprint density at radius 3 is 2.74 bits per heavy atom. The van der Waals surface area contributed by atoms with Crippen LogP contribution in [0.15, 0.2) is 12.3 Å². The molecule has 5 heteroatoms. The van der Waals surface area contributed by atoms with Crippen LogP contribution < -0.4 is 10.6 Å². The van der Waals surface area contributed by atoms with Gasteiger partial charge in [0, 0.05) is 25.8 Å². The lowest BCUT2D eigenvalue weighted by atomic mass is 9.96. The summed E-state index contributed by atoms with van der Waals surface area (Å²) < 4.78 is 0. The molecule has 0 unspecified atom stereocenters. The summed E-state index contributed by atoms with van der Waals surface area (Å²) in [6, 6.07) is 3.78. The molecule has 0 aliphatic carbocycles. The van der Waals surface area contributed by atoms with E-state index in [-0.39, 0.29) is 0 Å². The van der Waals surface area contributed by atoms with Gasteiger partial charge in [-0.15, -0.1) is 0 Å². The minimum atomic E-state index is 0.510. The van der Waals surface area contributed by atoms with Gasteiger partial charge in [-0.25, -0.2) is 4.98 Å². The Bertz CT molecular complexity index is 469. The highest BCUT2D eigenvalue weighted by molar-refractivity contribution is 5.70. The lowest BCUT2D eigenvalue weighted by molar-refractivity contribution is 0.284. The molecule has 1 aromatic rings. The number of piperidine rings is 1. The standard InChI is InChI=1S/C14H21N5/c1-18(2)10-11-4-7-19(8-5-11)14-13(16)12(9-15)3-6-17-14/h3,6,11H,4-5,7-8,10,16H2,1-2H3. The number of nitrogen functional groups attached to an aromatic ring is 1. The van der Waals surface area contributed by atoms with Crippen molar-refractivity contribution in [2.75, 3.05) is 44.4 Å². The van der Waals surface area contributed by atoms with E-state index in [9.17, 15) is 0 Å². The highest BCUT2D eigenvalue weighted by atomic mass is 15.2. The van der Waals surface area contributed by atoms with Crippen molar-refractivity contribution in [3.8, 4) is 6.07 Å². The number of nitrogens with zero attached hydrogens (tertiary/aromatic N) is 4. The van der Waals surface area contributed by atoms with Crippen LogP contribution in [0.3, 0.4) is 0 Å². The third-order valence-electron chi connectivity index (χ3n) is 3.63. The van der Waals surface area contributed by atoms with E-state index in [1.165, 1.54) is 0 Å². The molecular formula is C14H21N5. The average Bonchev–Trinajstić information content (AvgIpc) is 2.39. The number of pyridine rings is 1. The fraction of sp³-hybridized carbons (Fsp3) is 0.571. The van der Waals surface area contributed by atoms with Crippen molar-refractivity contribution >= 4 is 11.5 Å². The first-order valence-corrected chi connectivity index (χ1v) is 6.66. The van der Waals surface area contributed by atoms with Crippen LogP contribution in [0.1, 0.15) is 18.4 Å². The van der Waals surface area contributed by atoms with E-state index in [1.807, 2.05) is 0 Å². The molecule has 0 spiro atoms. The highest BCUT2D eigenvalue weighted by Crippen LogP contribution is 2.28. The molecule has 0 saturated carbocycles. The Hall–Kier alpha value is -1.80. The summed E-state index contributed by atoms with van der Waals surface area (Å²) in [4.78, 5) is 8.77. The van der Waals surface area contributed by atoms with Crippen LogP contribution in [0.2, 0.25) is 0 Å². The van der Waals surface area contributed by atoms with Crippen molar-refractivity contribution < 1.29 is 0 Å². The van der Waals surface area contributed by atoms with Gasteiger partial charge in [0.25, 0.3) is 0 Å². The van der Waals surface area contributed by atoms with Crippen molar-refractivity contribution in [3.05, 3.63) is 17.8 Å². The molecule has 0 amide bonds. The molecular weight excluding hydrogens is 238 g/mol. The Morgan fingerprint density at radius 2 is 2.16 bits per heavy atom. The molecule has 102 valence electrons. The SMILES string of the molecule is CN(C)CC1CCN(c2nccc(C#N)c2N)CC1. The predicted octanol–water partition coefficient (Wildman–Crippen LogP) is 1.31. The van der Waals surface area contributed by atoms with Crippen LogP contribution in [0.4, 0.5) is 11.5 Å².